The minimum Gasteiger partial charge on any atom is -0.306 e. The number of nitrogens with zero attached hydrogens (tertiary/aromatic N) is 1. The van der Waals surface area contributed by atoms with Gasteiger partial charge in [0.05, 0.1) is 0 Å². The molecule has 0 spiro atoms. The van der Waals surface area contributed by atoms with Gasteiger partial charge in [0.25, 0.3) is 0 Å². The summed E-state index contributed by atoms with van der Waals surface area (Å²) in [5, 5.41) is 0. The third-order valence-electron chi connectivity index (χ3n) is 5.09. The Morgan fingerprint density at radius 2 is 0.913 bits per heavy atom. The lowest BCUT2D eigenvalue weighted by Crippen LogP contribution is -2.26. The van der Waals surface area contributed by atoms with Crippen LogP contribution in [0.1, 0.15) is 117 Å². The van der Waals surface area contributed by atoms with Crippen molar-refractivity contribution in [2.24, 2.45) is 0 Å². The summed E-state index contributed by atoms with van der Waals surface area (Å²) in [5.41, 5.74) is 0. The quantitative estimate of drug-likeness (QED) is 0.228. The predicted octanol–water partition coefficient (Wildman–Crippen LogP) is 7.78. The van der Waals surface area contributed by atoms with Crippen molar-refractivity contribution in [3.63, 3.8) is 0 Å². The van der Waals surface area contributed by atoms with E-state index in [9.17, 15) is 0 Å². The third-order valence-corrected chi connectivity index (χ3v) is 5.09. The number of hydrogen-bond donors (Lipinski definition) is 0. The van der Waals surface area contributed by atoms with Crippen molar-refractivity contribution in [3.8, 4) is 0 Å². The van der Waals surface area contributed by atoms with Gasteiger partial charge < -0.3 is 4.90 Å². The molecular weight excluding hydrogens is 346 g/mol. The van der Waals surface area contributed by atoms with E-state index in [4.69, 9.17) is 0 Å². The molecule has 0 amide bonds. The Morgan fingerprint density at radius 3 is 1.22 bits per heavy atom. The molecule has 142 valence electrons. The monoisotopic (exact) mass is 391 g/mol. The van der Waals surface area contributed by atoms with Crippen molar-refractivity contribution in [1.82, 2.24) is 4.90 Å². The second kappa shape index (κ2) is 20.5. The van der Waals surface area contributed by atoms with E-state index in [1.807, 2.05) is 0 Å². The van der Waals surface area contributed by atoms with Crippen molar-refractivity contribution in [2.45, 2.75) is 123 Å². The number of rotatable bonds is 17. The first kappa shape index (κ1) is 25.7. The zero-order valence-corrected chi connectivity index (χ0v) is 18.5. The van der Waals surface area contributed by atoms with Crippen LogP contribution in [-0.4, -0.2) is 25.0 Å². The lowest BCUT2D eigenvalue weighted by atomic mass is 10.0. The van der Waals surface area contributed by atoms with Gasteiger partial charge >= 0.3 is 0 Å². The lowest BCUT2D eigenvalue weighted by Gasteiger charge is -2.22. The summed E-state index contributed by atoms with van der Waals surface area (Å²) in [6, 6.07) is 0.803. The zero-order chi connectivity index (χ0) is 16.5. The highest BCUT2D eigenvalue weighted by Crippen LogP contribution is 2.15. The average Bonchev–Trinajstić information content (AvgIpc) is 2.51. The zero-order valence-electron chi connectivity index (χ0n) is 16.7. The molecule has 0 saturated carbocycles. The summed E-state index contributed by atoms with van der Waals surface area (Å²) >= 11 is 0. The van der Waals surface area contributed by atoms with Gasteiger partial charge in [-0.2, -0.15) is 0 Å². The summed E-state index contributed by atoms with van der Waals surface area (Å²) in [5.74, 6) is 0. The Labute approximate surface area is 158 Å². The van der Waals surface area contributed by atoms with E-state index in [1.54, 1.807) is 0 Å². The van der Waals surface area contributed by atoms with Crippen molar-refractivity contribution >= 4 is 17.0 Å². The van der Waals surface area contributed by atoms with Crippen LogP contribution in [0.15, 0.2) is 0 Å². The third kappa shape index (κ3) is 18.6. The van der Waals surface area contributed by atoms with Crippen LogP contribution in [0.4, 0.5) is 0 Å². The first-order chi connectivity index (χ1) is 10.7. The molecule has 2 heteroatoms. The number of unbranched alkanes of at least 4 members (excludes halogenated alkanes) is 13. The SMILES string of the molecule is Br.CCCCCCCCCCCCCCCCC(CC)N(C)C. The Hall–Kier alpha value is 0.440. The molecule has 23 heavy (non-hydrogen) atoms. The van der Waals surface area contributed by atoms with E-state index in [0.29, 0.717) is 0 Å². The molecule has 0 aliphatic carbocycles. The first-order valence-corrected chi connectivity index (χ1v) is 10.4. The highest BCUT2D eigenvalue weighted by Gasteiger charge is 2.07. The fraction of sp³-hybridized carbons (Fsp3) is 1.00. The number of hydrogen-bond acceptors (Lipinski definition) is 1. The van der Waals surface area contributed by atoms with Crippen LogP contribution in [0.3, 0.4) is 0 Å². The van der Waals surface area contributed by atoms with Gasteiger partial charge in [-0.3, -0.25) is 0 Å². The minimum atomic E-state index is 0. The summed E-state index contributed by atoms with van der Waals surface area (Å²) in [6.07, 6.45) is 23.1. The van der Waals surface area contributed by atoms with E-state index < -0.39 is 0 Å². The molecule has 0 fully saturated rings. The van der Waals surface area contributed by atoms with Crippen LogP contribution in [0.25, 0.3) is 0 Å². The molecule has 1 atom stereocenters. The summed E-state index contributed by atoms with van der Waals surface area (Å²) in [4.78, 5) is 2.39. The van der Waals surface area contributed by atoms with Crippen LogP contribution >= 0.6 is 17.0 Å². The van der Waals surface area contributed by atoms with Crippen molar-refractivity contribution in [2.75, 3.05) is 14.1 Å². The van der Waals surface area contributed by atoms with E-state index in [0.717, 1.165) is 6.04 Å². The molecule has 0 heterocycles. The van der Waals surface area contributed by atoms with Gasteiger partial charge in [-0.25, -0.2) is 0 Å². The van der Waals surface area contributed by atoms with Crippen LogP contribution in [-0.2, 0) is 0 Å². The van der Waals surface area contributed by atoms with Gasteiger partial charge in [0.1, 0.15) is 0 Å². The van der Waals surface area contributed by atoms with Crippen LogP contribution in [0.2, 0.25) is 0 Å². The Bertz CT molecular complexity index is 206. The molecule has 0 aromatic carbocycles. The molecule has 0 rings (SSSR count). The summed E-state index contributed by atoms with van der Waals surface area (Å²) in [6.45, 7) is 4.61. The molecule has 0 aliphatic heterocycles. The molecule has 0 radical (unpaired) electrons. The molecule has 0 aliphatic rings. The fourth-order valence-corrected chi connectivity index (χ4v) is 3.40. The maximum Gasteiger partial charge on any atom is 0.00865 e. The van der Waals surface area contributed by atoms with Crippen LogP contribution in [0.5, 0.6) is 0 Å². The maximum atomic E-state index is 2.39. The maximum absolute atomic E-state index is 2.39. The molecule has 0 bridgehead atoms. The van der Waals surface area contributed by atoms with Gasteiger partial charge in [0, 0.05) is 6.04 Å². The largest absolute Gasteiger partial charge is 0.306 e. The van der Waals surface area contributed by atoms with Gasteiger partial charge in [-0.05, 0) is 26.9 Å². The molecule has 0 aromatic heterocycles. The van der Waals surface area contributed by atoms with Gasteiger partial charge in [0.2, 0.25) is 0 Å². The molecule has 0 N–H and O–H groups in total. The molecule has 0 saturated heterocycles. The van der Waals surface area contributed by atoms with Gasteiger partial charge in [-0.1, -0.05) is 104 Å². The van der Waals surface area contributed by atoms with E-state index in [-0.39, 0.29) is 17.0 Å². The van der Waals surface area contributed by atoms with E-state index >= 15 is 0 Å². The fourth-order valence-electron chi connectivity index (χ4n) is 3.40. The van der Waals surface area contributed by atoms with Crippen molar-refractivity contribution in [3.05, 3.63) is 0 Å². The van der Waals surface area contributed by atoms with Gasteiger partial charge in [-0.15, -0.1) is 17.0 Å². The van der Waals surface area contributed by atoms with Crippen molar-refractivity contribution < 1.29 is 0 Å². The standard InChI is InChI=1S/C21H45N.BrH/c1-5-7-8-9-10-11-12-13-14-15-16-17-18-19-20-21(6-2)22(3)4;/h21H,5-20H2,1-4H3;1H. The second-order valence-corrected chi connectivity index (χ2v) is 7.41. The Balaban J connectivity index is 0. The molecule has 1 unspecified atom stereocenters. The topological polar surface area (TPSA) is 3.24 Å². The van der Waals surface area contributed by atoms with Crippen LogP contribution < -0.4 is 0 Å². The normalized spacial score (nSPS) is 12.4. The molecule has 1 nitrogen and oxygen atoms in total. The number of halogens is 1. The van der Waals surface area contributed by atoms with Crippen LogP contribution in [0, 0.1) is 0 Å². The smallest absolute Gasteiger partial charge is 0.00865 e. The summed E-state index contributed by atoms with van der Waals surface area (Å²) in [7, 11) is 4.44. The van der Waals surface area contributed by atoms with Gasteiger partial charge in [0.15, 0.2) is 0 Å². The lowest BCUT2D eigenvalue weighted by molar-refractivity contribution is 0.264. The highest BCUT2D eigenvalue weighted by atomic mass is 79.9. The predicted molar refractivity (Wildman–Crippen MR) is 113 cm³/mol. The minimum absolute atomic E-state index is 0. The van der Waals surface area contributed by atoms with E-state index in [2.05, 4.69) is 32.8 Å². The second-order valence-electron chi connectivity index (χ2n) is 7.41. The summed E-state index contributed by atoms with van der Waals surface area (Å²) < 4.78 is 0. The average molecular weight is 393 g/mol. The van der Waals surface area contributed by atoms with Crippen molar-refractivity contribution in [1.29, 1.82) is 0 Å². The Kier molecular flexibility index (Phi) is 22.9. The molecule has 0 aromatic rings. The highest BCUT2D eigenvalue weighted by molar-refractivity contribution is 8.93. The first-order valence-electron chi connectivity index (χ1n) is 10.4. The van der Waals surface area contributed by atoms with E-state index in [1.165, 1.54) is 103 Å². The molecular formula is C21H46BrN. The Morgan fingerprint density at radius 1 is 0.565 bits per heavy atom.